The highest BCUT2D eigenvalue weighted by molar-refractivity contribution is 8.08. The van der Waals surface area contributed by atoms with Crippen LogP contribution in [-0.4, -0.2) is 188 Å². The molecule has 6 aromatic rings. The number of hydrogen-bond acceptors (Lipinski definition) is 24. The third-order valence-electron chi connectivity index (χ3n) is 12.2. The van der Waals surface area contributed by atoms with Gasteiger partial charge in [-0.3, -0.25) is 38.1 Å². The van der Waals surface area contributed by atoms with Crippen molar-refractivity contribution in [1.82, 2.24) is 49.6 Å². The molecule has 7 rings (SSSR count). The van der Waals surface area contributed by atoms with Gasteiger partial charge in [0.15, 0.2) is 28.3 Å². The van der Waals surface area contributed by atoms with Crippen molar-refractivity contribution < 1.29 is 96.4 Å². The van der Waals surface area contributed by atoms with Crippen LogP contribution in [0.4, 0.5) is 17.5 Å². The van der Waals surface area contributed by atoms with E-state index in [1.54, 1.807) is 48.5 Å². The maximum atomic E-state index is 12.4. The molecular weight excluding hydrogens is 1240 g/mol. The zero-order valence-corrected chi connectivity index (χ0v) is 49.1. The van der Waals surface area contributed by atoms with E-state index < -0.39 is 104 Å². The molecule has 5 aromatic heterocycles. The van der Waals surface area contributed by atoms with Crippen LogP contribution in [0.15, 0.2) is 79.1 Å². The fourth-order valence-electron chi connectivity index (χ4n) is 8.71. The van der Waals surface area contributed by atoms with Crippen molar-refractivity contribution >= 4 is 104 Å². The van der Waals surface area contributed by atoms with Gasteiger partial charge in [0.1, 0.15) is 24.6 Å². The lowest BCUT2D eigenvalue weighted by atomic mass is 10.0. The van der Waals surface area contributed by atoms with E-state index in [4.69, 9.17) is 47.4 Å². The summed E-state index contributed by atoms with van der Waals surface area (Å²) in [4.78, 5) is 113. The Bertz CT molecular complexity index is 3460. The lowest BCUT2D eigenvalue weighted by Crippen LogP contribution is -2.34. The number of fused-ring (bicyclic) bond motifs is 1. The summed E-state index contributed by atoms with van der Waals surface area (Å²) in [6.45, 7) is -7.34. The van der Waals surface area contributed by atoms with Crippen LogP contribution in [0.1, 0.15) is 43.3 Å². The van der Waals surface area contributed by atoms with Crippen molar-refractivity contribution in [2.45, 2.75) is 63.3 Å². The minimum Gasteiger partial charge on any atom is -0.480 e. The van der Waals surface area contributed by atoms with Crippen LogP contribution in [0, 0.1) is 0 Å². The van der Waals surface area contributed by atoms with E-state index in [1.165, 1.54) is 14.4 Å². The monoisotopic (exact) mass is 1290 g/mol. The highest BCUT2D eigenvalue weighted by Crippen LogP contribution is 2.66. The molecule has 0 saturated carbocycles. The largest absolute Gasteiger partial charge is 0.488 e. The number of hydrogen-bond donors (Lipinski definition) is 14. The number of nitrogens with zero attached hydrogens (tertiary/aromatic N) is 9. The topological polar surface area (TPSA) is 493 Å². The molecule has 1 aliphatic rings. The SMILES string of the molecule is Nc1ncnc2c1nc(NCCCCCCNC(=S)Nc1ccc(-c3cc(-c4cccc(CN(CC(=O)O)CC(=O)O)n4)nc(-c4cccc(CN(CC(=O)O)CC(=O)O)n4)c3)cc1)n2[C@@H]1O[C@H](COP(=O)(O)OP(=O)(O)OP(O)(O)=S)C(O)[C@@H]1O. The molecule has 0 radical (unpaired) electrons. The second-order valence-electron chi connectivity index (χ2n) is 19.0. The van der Waals surface area contributed by atoms with Gasteiger partial charge >= 0.3 is 46.2 Å². The fraction of sp³-hybridized carbons (Fsp3) is 0.354. The van der Waals surface area contributed by atoms with Crippen molar-refractivity contribution in [2.75, 3.05) is 62.2 Å². The summed E-state index contributed by atoms with van der Waals surface area (Å²) in [5, 5.41) is 69.4. The van der Waals surface area contributed by atoms with Gasteiger partial charge in [0, 0.05) is 31.9 Å². The first-order chi connectivity index (χ1) is 40.6. The number of benzene rings is 1. The van der Waals surface area contributed by atoms with E-state index in [-0.39, 0.29) is 36.0 Å². The number of aliphatic hydroxyl groups is 2. The van der Waals surface area contributed by atoms with Crippen LogP contribution in [-0.2, 0) is 71.1 Å². The molecule has 462 valence electrons. The Morgan fingerprint density at radius 2 is 1.22 bits per heavy atom. The second kappa shape index (κ2) is 29.6. The number of carboxylic acids is 4. The lowest BCUT2D eigenvalue weighted by Gasteiger charge is -2.20. The number of carboxylic acid groups (broad SMARTS) is 4. The zero-order chi connectivity index (χ0) is 62.5. The summed E-state index contributed by atoms with van der Waals surface area (Å²) in [6, 6.07) is 20.9. The Balaban J connectivity index is 0.953. The molecule has 0 aliphatic carbocycles. The summed E-state index contributed by atoms with van der Waals surface area (Å²) >= 11 is 9.67. The number of pyridine rings is 3. The molecular formula is C48H58N13O20P3S2. The van der Waals surface area contributed by atoms with Gasteiger partial charge in [-0.2, -0.15) is 4.31 Å². The third-order valence-corrected chi connectivity index (χ3v) is 16.9. The van der Waals surface area contributed by atoms with E-state index >= 15 is 0 Å². The van der Waals surface area contributed by atoms with Crippen molar-refractivity contribution in [1.29, 1.82) is 0 Å². The molecule has 86 heavy (non-hydrogen) atoms. The Labute approximate surface area is 497 Å². The number of aliphatic hydroxyl groups excluding tert-OH is 2. The molecule has 0 spiro atoms. The quantitative estimate of drug-likeness (QED) is 0.0164. The van der Waals surface area contributed by atoms with Gasteiger partial charge in [0.2, 0.25) is 5.95 Å². The summed E-state index contributed by atoms with van der Waals surface area (Å²) in [5.41, 5.74) is 10.6. The number of carbonyl (C=O) groups is 4. The van der Waals surface area contributed by atoms with Crippen LogP contribution in [0.5, 0.6) is 0 Å². The van der Waals surface area contributed by atoms with Crippen molar-refractivity contribution in [3.05, 3.63) is 90.5 Å². The molecule has 38 heteroatoms. The molecule has 3 unspecified atom stereocenters. The molecule has 33 nitrogen and oxygen atoms in total. The Kier molecular flexibility index (Phi) is 22.9. The first kappa shape index (κ1) is 66.5. The molecule has 15 N–H and O–H groups in total. The number of nitrogens with two attached hydrogens (primary N) is 1. The van der Waals surface area contributed by atoms with Gasteiger partial charge in [-0.1, -0.05) is 37.1 Å². The molecule has 0 bridgehead atoms. The predicted molar refractivity (Wildman–Crippen MR) is 311 cm³/mol. The predicted octanol–water partition coefficient (Wildman–Crippen LogP) is 2.57. The highest BCUT2D eigenvalue weighted by Gasteiger charge is 2.47. The number of anilines is 3. The molecule has 6 atom stereocenters. The van der Waals surface area contributed by atoms with Crippen LogP contribution >= 0.6 is 34.6 Å². The van der Waals surface area contributed by atoms with Gasteiger partial charge in [0.05, 0.1) is 66.9 Å². The second-order valence-corrected chi connectivity index (χ2v) is 25.2. The molecule has 1 fully saturated rings. The van der Waals surface area contributed by atoms with Gasteiger partial charge in [-0.15, -0.1) is 0 Å². The standard InChI is InChI=1S/C48H58N13O20P3S2/c49-44-41-45(53-26-52-44)61(46-43(71)42(70)36(79-46)25-78-82(72,73)80-83(74,75)81-84(76,77)86)47(58-41)50-15-3-1-2-4-16-51-48(85)56-29-13-11-27(12-14-29)28-17-34(32-9-5-7-30(54-32)19-59(21-37(62)63)22-38(64)65)57-35(18-28)33-10-6-8-31(55-33)20-60(23-39(66)67)24-40(68)69/h5-14,17-18,26,36,42-43,46,70-71H,1-4,15-16,19-25H2,(H,50,58)(H,62,63)(H,64,65)(H,66,67)(H,68,69)(H,72,73)(H,74,75)(H2,49,52,53)(H2,51,56,85)(H2,76,77,86)/t36-,42?,43+,46-/m1/s1. The first-order valence-corrected chi connectivity index (χ1v) is 31.6. The highest BCUT2D eigenvalue weighted by atomic mass is 32.5. The van der Waals surface area contributed by atoms with Crippen LogP contribution in [0.25, 0.3) is 45.1 Å². The normalized spacial score (nSPS) is 17.5. The molecule has 1 aliphatic heterocycles. The average Bonchev–Trinajstić information content (AvgIpc) is 2.00. The number of nitrogen functional groups attached to an aromatic ring is 1. The van der Waals surface area contributed by atoms with Crippen LogP contribution < -0.4 is 21.7 Å². The Morgan fingerprint density at radius 3 is 1.76 bits per heavy atom. The maximum Gasteiger partial charge on any atom is 0.488 e. The average molecular weight is 1290 g/mol. The van der Waals surface area contributed by atoms with E-state index in [2.05, 4.69) is 55.9 Å². The van der Waals surface area contributed by atoms with Gasteiger partial charge in [-0.25, -0.2) is 43.3 Å². The zero-order valence-electron chi connectivity index (χ0n) is 44.8. The summed E-state index contributed by atoms with van der Waals surface area (Å²) < 4.78 is 44.0. The molecule has 1 saturated heterocycles. The van der Waals surface area contributed by atoms with Crippen LogP contribution in [0.2, 0.25) is 0 Å². The minimum absolute atomic E-state index is 0.0230. The van der Waals surface area contributed by atoms with E-state index in [9.17, 15) is 68.7 Å². The van der Waals surface area contributed by atoms with E-state index in [1.807, 2.05) is 24.3 Å². The number of ether oxygens (including phenoxy) is 1. The number of aliphatic carboxylic acids is 4. The summed E-state index contributed by atoms with van der Waals surface area (Å²) in [6.07, 6.45) is -2.54. The maximum absolute atomic E-state index is 12.4. The van der Waals surface area contributed by atoms with Crippen molar-refractivity contribution in [3.63, 3.8) is 0 Å². The van der Waals surface area contributed by atoms with E-state index in [0.717, 1.165) is 31.2 Å². The number of imidazole rings is 1. The number of aromatic nitrogens is 7. The fourth-order valence-corrected chi connectivity index (χ4v) is 12.7. The van der Waals surface area contributed by atoms with Gasteiger partial charge in [0.25, 0.3) is 0 Å². The summed E-state index contributed by atoms with van der Waals surface area (Å²) in [7, 11) is -11.1. The number of unbranched alkanes of at least 4 members (excludes halogenated alkanes) is 3. The third kappa shape index (κ3) is 19.8. The van der Waals surface area contributed by atoms with Crippen molar-refractivity contribution in [3.8, 4) is 33.9 Å². The summed E-state index contributed by atoms with van der Waals surface area (Å²) in [5.74, 6) is -4.79. The van der Waals surface area contributed by atoms with E-state index in [0.29, 0.717) is 70.0 Å². The molecule has 0 amide bonds. The van der Waals surface area contributed by atoms with Gasteiger partial charge in [-0.05, 0) is 96.5 Å². The first-order valence-electron chi connectivity index (χ1n) is 25.5. The smallest absolute Gasteiger partial charge is 0.480 e. The number of nitrogens with one attached hydrogen (secondary N) is 3. The Hall–Kier alpha value is -6.98. The molecule has 1 aromatic carbocycles. The minimum atomic E-state index is -5.63. The van der Waals surface area contributed by atoms with Crippen molar-refractivity contribution in [2.24, 2.45) is 0 Å². The number of thiocarbonyl (C=S) groups is 1. The number of phosphoric acid groups is 2. The van der Waals surface area contributed by atoms with Gasteiger partial charge < -0.3 is 76.6 Å². The number of phosphoric ester groups is 1. The Morgan fingerprint density at radius 1 is 0.674 bits per heavy atom. The lowest BCUT2D eigenvalue weighted by molar-refractivity contribution is -0.144. The number of rotatable bonds is 32. The molecule has 6 heterocycles. The van der Waals surface area contributed by atoms with Crippen LogP contribution in [0.3, 0.4) is 0 Å².